The van der Waals surface area contributed by atoms with Gasteiger partial charge in [-0.25, -0.2) is 0 Å². The summed E-state index contributed by atoms with van der Waals surface area (Å²) >= 11 is 0. The molecular weight excluding hydrogens is 254 g/mol. The third-order valence-electron chi connectivity index (χ3n) is 3.17. The van der Waals surface area contributed by atoms with Crippen LogP contribution in [0.4, 0.5) is 5.82 Å². The van der Waals surface area contributed by atoms with Crippen molar-refractivity contribution in [1.82, 2.24) is 15.1 Å². The molecule has 1 aromatic heterocycles. The first kappa shape index (κ1) is 15.9. The minimum absolute atomic E-state index is 0.0256. The molecule has 0 aliphatic carbocycles. The third kappa shape index (κ3) is 3.44. The van der Waals surface area contributed by atoms with E-state index in [2.05, 4.69) is 16.3 Å². The van der Waals surface area contributed by atoms with E-state index in [4.69, 9.17) is 0 Å². The van der Waals surface area contributed by atoms with E-state index >= 15 is 0 Å². The molecular formula is C14H21N5O. The Balaban J connectivity index is 3.19. The van der Waals surface area contributed by atoms with Crippen molar-refractivity contribution in [3.63, 3.8) is 0 Å². The highest BCUT2D eigenvalue weighted by Gasteiger charge is 2.19. The molecule has 108 valence electrons. The molecule has 6 heteroatoms. The molecule has 1 rings (SSSR count). The maximum atomic E-state index is 11.9. The van der Waals surface area contributed by atoms with Crippen molar-refractivity contribution in [1.29, 1.82) is 5.26 Å². The molecule has 0 atom stereocenters. The molecule has 0 unspecified atom stereocenters. The van der Waals surface area contributed by atoms with Crippen molar-refractivity contribution in [2.45, 2.75) is 27.2 Å². The second-order valence-electron chi connectivity index (χ2n) is 4.93. The molecule has 0 radical (unpaired) electrons. The molecule has 6 nitrogen and oxygen atoms in total. The number of hydrogen-bond acceptors (Lipinski definition) is 5. The van der Waals surface area contributed by atoms with Crippen molar-refractivity contribution in [3.8, 4) is 6.07 Å². The van der Waals surface area contributed by atoms with Gasteiger partial charge in [0.2, 0.25) is 5.91 Å². The zero-order valence-corrected chi connectivity index (χ0v) is 12.8. The summed E-state index contributed by atoms with van der Waals surface area (Å²) in [6, 6.07) is 2.18. The second-order valence-corrected chi connectivity index (χ2v) is 4.93. The molecule has 0 spiro atoms. The standard InChI is InChI=1S/C14H21N5O/c1-6-7-19(9-13(20)18(4)5)14-12(8-15)10(2)11(3)16-17-14/h6-7,9H2,1-5H3. The zero-order valence-electron chi connectivity index (χ0n) is 12.8. The molecule has 1 aromatic rings. The predicted octanol–water partition coefficient (Wildman–Crippen LogP) is 1.27. The fourth-order valence-corrected chi connectivity index (χ4v) is 1.79. The maximum absolute atomic E-state index is 11.9. The minimum atomic E-state index is -0.0256. The van der Waals surface area contributed by atoms with Gasteiger partial charge in [0.15, 0.2) is 5.82 Å². The average molecular weight is 275 g/mol. The van der Waals surface area contributed by atoms with Gasteiger partial charge in [-0.15, -0.1) is 5.10 Å². The van der Waals surface area contributed by atoms with Gasteiger partial charge in [-0.2, -0.15) is 10.4 Å². The fourth-order valence-electron chi connectivity index (χ4n) is 1.79. The number of nitriles is 1. The molecule has 0 aliphatic rings. The lowest BCUT2D eigenvalue weighted by Gasteiger charge is -2.25. The summed E-state index contributed by atoms with van der Waals surface area (Å²) in [4.78, 5) is 15.3. The molecule has 0 saturated heterocycles. The zero-order chi connectivity index (χ0) is 15.3. The molecule has 0 saturated carbocycles. The van der Waals surface area contributed by atoms with E-state index in [0.29, 0.717) is 17.9 Å². The number of nitrogens with zero attached hydrogens (tertiary/aromatic N) is 5. The van der Waals surface area contributed by atoms with Gasteiger partial charge in [0.1, 0.15) is 11.6 Å². The number of aromatic nitrogens is 2. The van der Waals surface area contributed by atoms with E-state index < -0.39 is 0 Å². The molecule has 0 aromatic carbocycles. The highest BCUT2D eigenvalue weighted by molar-refractivity contribution is 5.81. The summed E-state index contributed by atoms with van der Waals surface area (Å²) in [5.74, 6) is 0.468. The topological polar surface area (TPSA) is 73.1 Å². The molecule has 1 amide bonds. The van der Waals surface area contributed by atoms with Gasteiger partial charge in [-0.3, -0.25) is 4.79 Å². The normalized spacial score (nSPS) is 10.0. The van der Waals surface area contributed by atoms with E-state index in [1.807, 2.05) is 25.7 Å². The third-order valence-corrected chi connectivity index (χ3v) is 3.17. The van der Waals surface area contributed by atoms with Crippen LogP contribution in [0.1, 0.15) is 30.2 Å². The van der Waals surface area contributed by atoms with E-state index in [9.17, 15) is 10.1 Å². The molecule has 0 bridgehead atoms. The summed E-state index contributed by atoms with van der Waals surface area (Å²) in [6.07, 6.45) is 0.861. The first-order valence-electron chi connectivity index (χ1n) is 6.61. The highest BCUT2D eigenvalue weighted by Crippen LogP contribution is 2.21. The molecule has 0 N–H and O–H groups in total. The maximum Gasteiger partial charge on any atom is 0.241 e. The summed E-state index contributed by atoms with van der Waals surface area (Å²) in [5.41, 5.74) is 2.05. The average Bonchev–Trinajstić information content (AvgIpc) is 2.41. The van der Waals surface area contributed by atoms with E-state index in [0.717, 1.165) is 17.7 Å². The Hall–Kier alpha value is -2.16. The van der Waals surface area contributed by atoms with Crippen LogP contribution >= 0.6 is 0 Å². The summed E-state index contributed by atoms with van der Waals surface area (Å²) in [5, 5.41) is 17.5. The van der Waals surface area contributed by atoms with Crippen LogP contribution in [0.3, 0.4) is 0 Å². The van der Waals surface area contributed by atoms with Gasteiger partial charge in [0.25, 0.3) is 0 Å². The number of carbonyl (C=O) groups excluding carboxylic acids is 1. The van der Waals surface area contributed by atoms with Crippen LogP contribution in [0.2, 0.25) is 0 Å². The van der Waals surface area contributed by atoms with E-state index in [-0.39, 0.29) is 12.5 Å². The van der Waals surface area contributed by atoms with Crippen LogP contribution in [0, 0.1) is 25.2 Å². The van der Waals surface area contributed by atoms with Gasteiger partial charge in [-0.05, 0) is 25.8 Å². The largest absolute Gasteiger partial charge is 0.347 e. The Morgan fingerprint density at radius 3 is 2.45 bits per heavy atom. The number of aryl methyl sites for hydroxylation is 1. The number of likely N-dealkylation sites (N-methyl/N-ethyl adjacent to an activating group) is 1. The Bertz CT molecular complexity index is 533. The Labute approximate surface area is 120 Å². The SMILES string of the molecule is CCCN(CC(=O)N(C)C)c1nnc(C)c(C)c1C#N. The summed E-state index contributed by atoms with van der Waals surface area (Å²) < 4.78 is 0. The van der Waals surface area contributed by atoms with Gasteiger partial charge >= 0.3 is 0 Å². The van der Waals surface area contributed by atoms with Gasteiger partial charge in [0.05, 0.1) is 12.2 Å². The Kier molecular flexibility index (Phi) is 5.44. The quantitative estimate of drug-likeness (QED) is 0.809. The van der Waals surface area contributed by atoms with Crippen LogP contribution in [0.5, 0.6) is 0 Å². The first-order valence-corrected chi connectivity index (χ1v) is 6.61. The molecule has 0 fully saturated rings. The lowest BCUT2D eigenvalue weighted by molar-refractivity contribution is -0.127. The number of anilines is 1. The van der Waals surface area contributed by atoms with Crippen molar-refractivity contribution >= 4 is 11.7 Å². The predicted molar refractivity (Wildman–Crippen MR) is 77.4 cm³/mol. The number of rotatable bonds is 5. The highest BCUT2D eigenvalue weighted by atomic mass is 16.2. The van der Waals surface area contributed by atoms with E-state index in [1.54, 1.807) is 14.1 Å². The van der Waals surface area contributed by atoms with Crippen LogP contribution in [-0.4, -0.2) is 48.2 Å². The van der Waals surface area contributed by atoms with Gasteiger partial charge in [-0.1, -0.05) is 6.92 Å². The summed E-state index contributed by atoms with van der Waals surface area (Å²) in [7, 11) is 3.42. The smallest absolute Gasteiger partial charge is 0.241 e. The number of carbonyl (C=O) groups is 1. The van der Waals surface area contributed by atoms with Crippen LogP contribution in [0.15, 0.2) is 0 Å². The molecule has 20 heavy (non-hydrogen) atoms. The minimum Gasteiger partial charge on any atom is -0.347 e. The summed E-state index contributed by atoms with van der Waals surface area (Å²) in [6.45, 7) is 6.55. The first-order chi connectivity index (χ1) is 9.42. The van der Waals surface area contributed by atoms with Crippen molar-refractivity contribution in [3.05, 3.63) is 16.8 Å². The monoisotopic (exact) mass is 275 g/mol. The molecule has 1 heterocycles. The lowest BCUT2D eigenvalue weighted by Crippen LogP contribution is -2.38. The second kappa shape index (κ2) is 6.85. The van der Waals surface area contributed by atoms with Crippen molar-refractivity contribution in [2.75, 3.05) is 32.1 Å². The Morgan fingerprint density at radius 2 is 1.95 bits per heavy atom. The lowest BCUT2D eigenvalue weighted by atomic mass is 10.1. The van der Waals surface area contributed by atoms with Gasteiger partial charge < -0.3 is 9.80 Å². The Morgan fingerprint density at radius 1 is 1.30 bits per heavy atom. The fraction of sp³-hybridized carbons (Fsp3) is 0.571. The van der Waals surface area contributed by atoms with Gasteiger partial charge in [0, 0.05) is 20.6 Å². The van der Waals surface area contributed by atoms with Crippen LogP contribution in [-0.2, 0) is 4.79 Å². The van der Waals surface area contributed by atoms with Crippen molar-refractivity contribution in [2.24, 2.45) is 0 Å². The van der Waals surface area contributed by atoms with E-state index in [1.165, 1.54) is 4.90 Å². The van der Waals surface area contributed by atoms with Crippen LogP contribution in [0.25, 0.3) is 0 Å². The van der Waals surface area contributed by atoms with Crippen LogP contribution < -0.4 is 4.90 Å². The van der Waals surface area contributed by atoms with Crippen molar-refractivity contribution < 1.29 is 4.79 Å². The number of hydrogen-bond donors (Lipinski definition) is 0. The molecule has 0 aliphatic heterocycles. The number of amides is 1.